The fraction of sp³-hybridized carbons (Fsp3) is 0.158. The summed E-state index contributed by atoms with van der Waals surface area (Å²) in [6.45, 7) is -3.66. The van der Waals surface area contributed by atoms with Crippen molar-refractivity contribution in [3.05, 3.63) is 54.1 Å². The van der Waals surface area contributed by atoms with Crippen molar-refractivity contribution >= 4 is 23.6 Å². The van der Waals surface area contributed by atoms with Crippen LogP contribution in [0.3, 0.4) is 0 Å². The second kappa shape index (κ2) is 9.91. The summed E-state index contributed by atoms with van der Waals surface area (Å²) < 4.78 is 38.7. The number of alkyl halides is 2. The Bertz CT molecular complexity index is 869. The van der Waals surface area contributed by atoms with Gasteiger partial charge in [-0.25, -0.2) is 4.79 Å². The third kappa shape index (κ3) is 6.27. The first kappa shape index (κ1) is 20.7. The number of halogens is 2. The van der Waals surface area contributed by atoms with Gasteiger partial charge < -0.3 is 24.6 Å². The van der Waals surface area contributed by atoms with Crippen LogP contribution in [0.15, 0.2) is 48.5 Å². The Morgan fingerprint density at radius 3 is 2.64 bits per heavy atom. The number of carbonyl (C=O) groups excluding carboxylic acids is 2. The minimum atomic E-state index is -3.04. The zero-order valence-corrected chi connectivity index (χ0v) is 14.7. The molecular formula is C19H17F2NO6. The van der Waals surface area contributed by atoms with Gasteiger partial charge in [0.05, 0.1) is 12.8 Å². The normalized spacial score (nSPS) is 10.7. The predicted molar refractivity (Wildman–Crippen MR) is 96.4 cm³/mol. The smallest absolute Gasteiger partial charge is 0.387 e. The lowest BCUT2D eigenvalue weighted by molar-refractivity contribution is -0.142. The molecule has 0 radical (unpaired) electrons. The topological polar surface area (TPSA) is 94.1 Å². The maximum Gasteiger partial charge on any atom is 0.387 e. The molecule has 2 N–H and O–H groups in total. The van der Waals surface area contributed by atoms with Crippen LogP contribution in [0.2, 0.25) is 0 Å². The molecule has 0 bridgehead atoms. The maximum atomic E-state index is 12.4. The van der Waals surface area contributed by atoms with Crippen LogP contribution < -0.4 is 14.8 Å². The number of methoxy groups -OCH3 is 1. The van der Waals surface area contributed by atoms with E-state index >= 15 is 0 Å². The molecule has 0 spiro atoms. The molecule has 2 rings (SSSR count). The predicted octanol–water partition coefficient (Wildman–Crippen LogP) is 3.20. The Labute approximate surface area is 159 Å². The fourth-order valence-electron chi connectivity index (χ4n) is 2.10. The molecule has 28 heavy (non-hydrogen) atoms. The molecule has 0 saturated heterocycles. The number of rotatable bonds is 8. The first-order chi connectivity index (χ1) is 13.4. The van der Waals surface area contributed by atoms with Crippen LogP contribution in [0.5, 0.6) is 17.2 Å². The molecule has 0 fully saturated rings. The van der Waals surface area contributed by atoms with E-state index in [1.807, 2.05) is 0 Å². The van der Waals surface area contributed by atoms with Crippen molar-refractivity contribution < 1.29 is 37.7 Å². The van der Waals surface area contributed by atoms with Gasteiger partial charge >= 0.3 is 12.6 Å². The van der Waals surface area contributed by atoms with Crippen molar-refractivity contribution in [3.8, 4) is 17.2 Å². The molecule has 0 aromatic heterocycles. The van der Waals surface area contributed by atoms with Crippen LogP contribution >= 0.6 is 0 Å². The molecule has 0 saturated carbocycles. The number of phenols is 1. The maximum absolute atomic E-state index is 12.4. The summed E-state index contributed by atoms with van der Waals surface area (Å²) in [7, 11) is 1.39. The van der Waals surface area contributed by atoms with E-state index in [4.69, 9.17) is 9.47 Å². The lowest BCUT2D eigenvalue weighted by atomic mass is 10.2. The zero-order valence-electron chi connectivity index (χ0n) is 14.7. The number of ether oxygens (including phenoxy) is 3. The summed E-state index contributed by atoms with van der Waals surface area (Å²) >= 11 is 0. The Morgan fingerprint density at radius 1 is 1.18 bits per heavy atom. The Hall–Kier alpha value is -3.62. The van der Waals surface area contributed by atoms with E-state index in [9.17, 15) is 23.5 Å². The molecule has 7 nitrogen and oxygen atoms in total. The van der Waals surface area contributed by atoms with Crippen molar-refractivity contribution in [1.29, 1.82) is 0 Å². The Kier molecular flexibility index (Phi) is 7.32. The summed E-state index contributed by atoms with van der Waals surface area (Å²) in [5.41, 5.74) is 0.588. The number of hydrogen-bond donors (Lipinski definition) is 2. The van der Waals surface area contributed by atoms with Gasteiger partial charge in [0.25, 0.3) is 5.91 Å². The number of para-hydroxylation sites is 2. The summed E-state index contributed by atoms with van der Waals surface area (Å²) in [5, 5.41) is 11.8. The molecule has 9 heteroatoms. The number of benzene rings is 2. The highest BCUT2D eigenvalue weighted by molar-refractivity contribution is 5.95. The van der Waals surface area contributed by atoms with E-state index in [1.54, 1.807) is 6.07 Å². The Morgan fingerprint density at radius 2 is 1.93 bits per heavy atom. The Balaban J connectivity index is 1.88. The van der Waals surface area contributed by atoms with Crippen LogP contribution in [0, 0.1) is 0 Å². The second-order valence-corrected chi connectivity index (χ2v) is 5.30. The minimum Gasteiger partial charge on any atom is -0.504 e. The largest absolute Gasteiger partial charge is 0.504 e. The average Bonchev–Trinajstić information content (AvgIpc) is 2.67. The molecule has 0 unspecified atom stereocenters. The third-order valence-corrected chi connectivity index (χ3v) is 3.34. The summed E-state index contributed by atoms with van der Waals surface area (Å²) in [6.07, 6.45) is 2.50. The van der Waals surface area contributed by atoms with Crippen LogP contribution in [0.25, 0.3) is 6.08 Å². The van der Waals surface area contributed by atoms with Crippen LogP contribution in [0.4, 0.5) is 14.5 Å². The van der Waals surface area contributed by atoms with Crippen molar-refractivity contribution in [2.24, 2.45) is 0 Å². The number of hydrogen-bond acceptors (Lipinski definition) is 6. The monoisotopic (exact) mass is 393 g/mol. The molecule has 2 aromatic carbocycles. The zero-order chi connectivity index (χ0) is 20.5. The highest BCUT2D eigenvalue weighted by Gasteiger charge is 2.12. The van der Waals surface area contributed by atoms with Crippen molar-refractivity contribution in [1.82, 2.24) is 0 Å². The number of amides is 1. The molecular weight excluding hydrogens is 376 g/mol. The van der Waals surface area contributed by atoms with Gasteiger partial charge in [0, 0.05) is 6.08 Å². The highest BCUT2D eigenvalue weighted by Crippen LogP contribution is 2.27. The van der Waals surface area contributed by atoms with E-state index in [0.29, 0.717) is 5.56 Å². The standard InChI is InChI=1S/C19H17F2NO6/c1-26-16-10-12(6-8-14(16)23)7-9-18(25)27-11-17(24)22-13-4-2-3-5-15(13)28-19(20)21/h2-10,19,23H,11H2,1H3,(H,22,24). The van der Waals surface area contributed by atoms with E-state index in [0.717, 1.165) is 6.08 Å². The van der Waals surface area contributed by atoms with Gasteiger partial charge in [0.1, 0.15) is 5.75 Å². The summed E-state index contributed by atoms with van der Waals surface area (Å²) in [6, 6.07) is 10.1. The minimum absolute atomic E-state index is 0.0237. The number of aromatic hydroxyl groups is 1. The molecule has 1 amide bonds. The number of nitrogens with one attached hydrogen (secondary N) is 1. The molecule has 0 heterocycles. The van der Waals surface area contributed by atoms with Crippen molar-refractivity contribution in [2.75, 3.05) is 19.0 Å². The van der Waals surface area contributed by atoms with Crippen LogP contribution in [0.1, 0.15) is 5.56 Å². The average molecular weight is 393 g/mol. The van der Waals surface area contributed by atoms with Crippen LogP contribution in [-0.4, -0.2) is 37.3 Å². The summed E-state index contributed by atoms with van der Waals surface area (Å²) in [5.74, 6) is -1.54. The van der Waals surface area contributed by atoms with Gasteiger partial charge in [-0.1, -0.05) is 18.2 Å². The van der Waals surface area contributed by atoms with Gasteiger partial charge in [-0.05, 0) is 35.9 Å². The SMILES string of the molecule is COc1cc(C=CC(=O)OCC(=O)Nc2ccccc2OC(F)F)ccc1O. The van der Waals surface area contributed by atoms with Crippen molar-refractivity contribution in [2.45, 2.75) is 6.61 Å². The number of esters is 1. The number of carbonyl (C=O) groups is 2. The quantitative estimate of drug-likeness (QED) is 0.528. The fourth-order valence-corrected chi connectivity index (χ4v) is 2.10. The molecule has 0 aliphatic carbocycles. The first-order valence-electron chi connectivity index (χ1n) is 7.94. The van der Waals surface area contributed by atoms with E-state index in [1.165, 1.54) is 49.6 Å². The van der Waals surface area contributed by atoms with Gasteiger partial charge in [0.2, 0.25) is 0 Å². The lowest BCUT2D eigenvalue weighted by Gasteiger charge is -2.11. The number of phenolic OH excluding ortho intramolecular Hbond substituents is 1. The first-order valence-corrected chi connectivity index (χ1v) is 7.94. The van der Waals surface area contributed by atoms with E-state index in [2.05, 4.69) is 10.1 Å². The van der Waals surface area contributed by atoms with Crippen LogP contribution in [-0.2, 0) is 14.3 Å². The van der Waals surface area contributed by atoms with Gasteiger partial charge in [-0.15, -0.1) is 0 Å². The molecule has 148 valence electrons. The lowest BCUT2D eigenvalue weighted by Crippen LogP contribution is -2.20. The van der Waals surface area contributed by atoms with E-state index in [-0.39, 0.29) is 22.9 Å². The van der Waals surface area contributed by atoms with Gasteiger partial charge in [0.15, 0.2) is 18.1 Å². The number of anilines is 1. The third-order valence-electron chi connectivity index (χ3n) is 3.34. The second-order valence-electron chi connectivity index (χ2n) is 5.30. The highest BCUT2D eigenvalue weighted by atomic mass is 19.3. The van der Waals surface area contributed by atoms with Gasteiger partial charge in [-0.2, -0.15) is 8.78 Å². The molecule has 2 aromatic rings. The molecule has 0 aliphatic rings. The van der Waals surface area contributed by atoms with Gasteiger partial charge in [-0.3, -0.25) is 4.79 Å². The summed E-state index contributed by atoms with van der Waals surface area (Å²) in [4.78, 5) is 23.6. The van der Waals surface area contributed by atoms with E-state index < -0.39 is 25.1 Å². The molecule has 0 aliphatic heterocycles. The van der Waals surface area contributed by atoms with Crippen molar-refractivity contribution in [3.63, 3.8) is 0 Å². The molecule has 0 atom stereocenters.